The zero-order valence-electron chi connectivity index (χ0n) is 9.63. The molecule has 0 saturated carbocycles. The molecule has 2 aliphatic heterocycles. The molecule has 0 aromatic rings. The van der Waals surface area contributed by atoms with Crippen molar-refractivity contribution in [2.75, 3.05) is 0 Å². The molecule has 2 amide bonds. The van der Waals surface area contributed by atoms with Crippen LogP contribution in [0.4, 0.5) is 0 Å². The van der Waals surface area contributed by atoms with Gasteiger partial charge in [-0.1, -0.05) is 24.9 Å². The summed E-state index contributed by atoms with van der Waals surface area (Å²) in [4.78, 5) is 40.6. The predicted octanol–water partition coefficient (Wildman–Crippen LogP) is -2.40. The first-order valence-electron chi connectivity index (χ1n) is 5.29. The molecule has 0 aromatic heterocycles. The summed E-state index contributed by atoms with van der Waals surface area (Å²) in [7, 11) is 0. The van der Waals surface area contributed by atoms with Crippen LogP contribution < -0.4 is 10.2 Å². The van der Waals surface area contributed by atoms with Crippen LogP contribution in [0.25, 0.3) is 10.6 Å². The van der Waals surface area contributed by atoms with Gasteiger partial charge in [0.1, 0.15) is 0 Å². The summed E-state index contributed by atoms with van der Waals surface area (Å²) in [6, 6.07) is -1.75. The second-order valence-electron chi connectivity index (χ2n) is 3.79. The van der Waals surface area contributed by atoms with Crippen LogP contribution in [0.2, 0.25) is 0 Å². The molecule has 2 heterocycles. The van der Waals surface area contributed by atoms with Gasteiger partial charge >= 0.3 is 17.1 Å². The van der Waals surface area contributed by atoms with E-state index in [2.05, 4.69) is 10.6 Å². The Kier molecular flexibility index (Phi) is 7.10. The molecule has 2 atom stereocenters. The molecule has 2 saturated heterocycles. The smallest absolute Gasteiger partial charge is 0.646 e. The first-order valence-corrected chi connectivity index (χ1v) is 5.29. The molecular formula is C10H10CuN2O6-2. The third-order valence-corrected chi connectivity index (χ3v) is 2.41. The van der Waals surface area contributed by atoms with Crippen molar-refractivity contribution in [2.45, 2.75) is 37.8 Å². The van der Waals surface area contributed by atoms with Crippen molar-refractivity contribution in [1.82, 2.24) is 0 Å². The van der Waals surface area contributed by atoms with Crippen molar-refractivity contribution in [3.8, 4) is 0 Å². The fourth-order valence-electron chi connectivity index (χ4n) is 1.47. The summed E-state index contributed by atoms with van der Waals surface area (Å²) in [6.07, 6.45) is 1.11. The van der Waals surface area contributed by atoms with Crippen molar-refractivity contribution in [3.63, 3.8) is 0 Å². The minimum absolute atomic E-state index is 0. The fourth-order valence-corrected chi connectivity index (χ4v) is 1.47. The second kappa shape index (κ2) is 7.75. The van der Waals surface area contributed by atoms with E-state index < -0.39 is 24.0 Å². The Morgan fingerprint density at radius 3 is 1.32 bits per heavy atom. The first kappa shape index (κ1) is 17.4. The van der Waals surface area contributed by atoms with Crippen LogP contribution in [0.3, 0.4) is 0 Å². The van der Waals surface area contributed by atoms with Crippen LogP contribution in [-0.2, 0) is 36.2 Å². The third-order valence-electron chi connectivity index (χ3n) is 2.41. The molecule has 0 aliphatic carbocycles. The summed E-state index contributed by atoms with van der Waals surface area (Å²) in [6.45, 7) is 0. The van der Waals surface area contributed by atoms with E-state index in [-0.39, 0.29) is 41.7 Å². The SMILES string of the molecule is O=C1CCC(C(=O)[O-])[N-]1.O=C1CCC(C(=O)[O-])[N-]1.[Cu+2]. The quantitative estimate of drug-likeness (QED) is 0.519. The van der Waals surface area contributed by atoms with E-state index in [1.54, 1.807) is 0 Å². The van der Waals surface area contributed by atoms with Gasteiger partial charge in [-0.15, -0.1) is 0 Å². The Bertz CT molecular complexity index is 350. The molecule has 2 fully saturated rings. The maximum atomic E-state index is 10.3. The van der Waals surface area contributed by atoms with Crippen molar-refractivity contribution in [3.05, 3.63) is 10.6 Å². The first-order chi connectivity index (χ1) is 8.40. The van der Waals surface area contributed by atoms with E-state index in [0.717, 1.165) is 0 Å². The van der Waals surface area contributed by atoms with Gasteiger partial charge in [0.25, 0.3) is 0 Å². The summed E-state index contributed by atoms with van der Waals surface area (Å²) in [5, 5.41) is 26.6. The van der Waals surface area contributed by atoms with E-state index in [1.165, 1.54) is 0 Å². The van der Waals surface area contributed by atoms with Crippen LogP contribution in [0.1, 0.15) is 25.7 Å². The molecule has 2 rings (SSSR count). The van der Waals surface area contributed by atoms with E-state index in [9.17, 15) is 29.4 Å². The van der Waals surface area contributed by atoms with Crippen LogP contribution >= 0.6 is 0 Å². The number of carbonyl (C=O) groups excluding carboxylic acids is 4. The number of hydrogen-bond acceptors (Lipinski definition) is 6. The van der Waals surface area contributed by atoms with Crippen LogP contribution in [-0.4, -0.2) is 35.8 Å². The van der Waals surface area contributed by atoms with Crippen LogP contribution in [0.15, 0.2) is 0 Å². The maximum Gasteiger partial charge on any atom is 2.00 e. The van der Waals surface area contributed by atoms with Gasteiger partial charge in [0.2, 0.25) is 0 Å². The van der Waals surface area contributed by atoms with Crippen molar-refractivity contribution in [1.29, 1.82) is 0 Å². The number of nitrogens with zero attached hydrogens (tertiary/aromatic N) is 2. The number of aliphatic carboxylic acids is 2. The number of carboxylic acids is 2. The van der Waals surface area contributed by atoms with Gasteiger partial charge in [-0.2, -0.15) is 0 Å². The predicted molar refractivity (Wildman–Crippen MR) is 52.8 cm³/mol. The second-order valence-corrected chi connectivity index (χ2v) is 3.79. The van der Waals surface area contributed by atoms with E-state index >= 15 is 0 Å². The Balaban J connectivity index is 0.000000324. The largest absolute Gasteiger partial charge is 2.00 e. The minimum atomic E-state index is -1.25. The molecular weight excluding hydrogens is 308 g/mol. The number of carbonyl (C=O) groups is 4. The molecule has 2 aliphatic rings. The number of rotatable bonds is 2. The van der Waals surface area contributed by atoms with Crippen LogP contribution in [0.5, 0.6) is 0 Å². The van der Waals surface area contributed by atoms with Crippen molar-refractivity contribution >= 4 is 23.8 Å². The molecule has 19 heavy (non-hydrogen) atoms. The van der Waals surface area contributed by atoms with Gasteiger partial charge in [0.05, 0.1) is 11.8 Å². The average molecular weight is 318 g/mol. The zero-order valence-corrected chi connectivity index (χ0v) is 10.6. The normalized spacial score (nSPS) is 24.4. The topological polar surface area (TPSA) is 143 Å². The van der Waals surface area contributed by atoms with Gasteiger partial charge in [-0.25, -0.2) is 0 Å². The molecule has 1 radical (unpaired) electrons. The van der Waals surface area contributed by atoms with Gasteiger partial charge in [-0.05, 0) is 12.8 Å². The fraction of sp³-hybridized carbons (Fsp3) is 0.600. The Morgan fingerprint density at radius 1 is 0.895 bits per heavy atom. The zero-order chi connectivity index (χ0) is 13.7. The maximum absolute atomic E-state index is 10.3. The summed E-state index contributed by atoms with van der Waals surface area (Å²) >= 11 is 0. The van der Waals surface area contributed by atoms with Gasteiger partial charge in [-0.3, -0.25) is 0 Å². The Labute approximate surface area is 119 Å². The Morgan fingerprint density at radius 2 is 1.21 bits per heavy atom. The molecule has 9 heteroatoms. The van der Waals surface area contributed by atoms with E-state index in [4.69, 9.17) is 0 Å². The van der Waals surface area contributed by atoms with Crippen molar-refractivity contribution < 1.29 is 46.5 Å². The monoisotopic (exact) mass is 317 g/mol. The number of hydrogen-bond donors (Lipinski definition) is 0. The molecule has 0 N–H and O–H groups in total. The standard InChI is InChI=1S/2C5H7NO3.Cu/c2*7-4-2-1-3(6-4)5(8)9;/h2*3H,1-2H2,(H2,6,7,8,9);/q;;+2/p-4. The van der Waals surface area contributed by atoms with E-state index in [0.29, 0.717) is 12.8 Å². The third kappa shape index (κ3) is 5.71. The van der Waals surface area contributed by atoms with Gasteiger partial charge in [0, 0.05) is 11.9 Å². The molecule has 0 spiro atoms. The average Bonchev–Trinajstić information content (AvgIpc) is 2.88. The van der Waals surface area contributed by atoms with Gasteiger partial charge < -0.3 is 40.0 Å². The molecule has 8 nitrogen and oxygen atoms in total. The summed E-state index contributed by atoms with van der Waals surface area (Å²) in [5.41, 5.74) is 0. The number of amides is 2. The summed E-state index contributed by atoms with van der Waals surface area (Å²) < 4.78 is 0. The molecule has 2 unspecified atom stereocenters. The molecule has 0 bridgehead atoms. The number of carboxylic acid groups (broad SMARTS) is 2. The van der Waals surface area contributed by atoms with E-state index in [1.807, 2.05) is 0 Å². The Hall–Kier alpha value is -1.60. The van der Waals surface area contributed by atoms with Gasteiger partial charge in [0.15, 0.2) is 0 Å². The van der Waals surface area contributed by atoms with Crippen LogP contribution in [0, 0.1) is 0 Å². The molecule has 0 aromatic carbocycles. The van der Waals surface area contributed by atoms with Crippen molar-refractivity contribution in [2.24, 2.45) is 0 Å². The molecule has 109 valence electrons. The summed E-state index contributed by atoms with van der Waals surface area (Å²) in [5.74, 6) is -3.16. The minimum Gasteiger partial charge on any atom is -0.646 e.